The molecule has 5 nitrogen and oxygen atoms in total. The zero-order valence-electron chi connectivity index (χ0n) is 8.85. The van der Waals surface area contributed by atoms with Crippen molar-refractivity contribution in [3.63, 3.8) is 0 Å². The lowest BCUT2D eigenvalue weighted by Crippen LogP contribution is -1.98. The third-order valence-electron chi connectivity index (χ3n) is 2.15. The second kappa shape index (κ2) is 4.64. The van der Waals surface area contributed by atoms with Crippen LogP contribution in [0, 0.1) is 11.8 Å². The molecule has 0 aliphatic rings. The average molecular weight is 215 g/mol. The Balaban J connectivity index is 2.31. The lowest BCUT2D eigenvalue weighted by Gasteiger charge is -1.95. The molecule has 0 amide bonds. The first-order valence-electron chi connectivity index (χ1n) is 5.10. The van der Waals surface area contributed by atoms with Gasteiger partial charge in [-0.05, 0) is 25.0 Å². The molecule has 2 aromatic heterocycles. The molecule has 0 fully saturated rings. The molecule has 2 rings (SSSR count). The number of nitrogens with two attached hydrogens (primary N) is 2. The van der Waals surface area contributed by atoms with Crippen molar-refractivity contribution in [3.05, 3.63) is 24.2 Å². The molecule has 0 aliphatic carbocycles. The first-order valence-corrected chi connectivity index (χ1v) is 5.10. The lowest BCUT2D eigenvalue weighted by atomic mass is 10.3. The van der Waals surface area contributed by atoms with Crippen LogP contribution in [0.2, 0.25) is 0 Å². The van der Waals surface area contributed by atoms with E-state index in [1.807, 2.05) is 0 Å². The third kappa shape index (κ3) is 1.97. The summed E-state index contributed by atoms with van der Waals surface area (Å²) < 4.78 is 1.64. The van der Waals surface area contributed by atoms with E-state index in [4.69, 9.17) is 11.5 Å². The van der Waals surface area contributed by atoms with Crippen molar-refractivity contribution in [2.75, 3.05) is 12.3 Å². The molecule has 0 radical (unpaired) electrons. The average Bonchev–Trinajstić information content (AvgIpc) is 2.70. The van der Waals surface area contributed by atoms with Crippen molar-refractivity contribution in [2.45, 2.75) is 12.8 Å². The molecule has 2 aromatic rings. The molecule has 16 heavy (non-hydrogen) atoms. The van der Waals surface area contributed by atoms with Crippen LogP contribution in [0.25, 0.3) is 5.65 Å². The van der Waals surface area contributed by atoms with Crippen LogP contribution in [0.4, 0.5) is 5.69 Å². The minimum atomic E-state index is 0.602. The topological polar surface area (TPSA) is 82.2 Å². The number of rotatable bonds is 2. The molecular weight excluding hydrogens is 202 g/mol. The highest BCUT2D eigenvalue weighted by Gasteiger charge is 2.03. The monoisotopic (exact) mass is 215 g/mol. The van der Waals surface area contributed by atoms with E-state index in [1.54, 1.807) is 23.0 Å². The van der Waals surface area contributed by atoms with Gasteiger partial charge in [-0.3, -0.25) is 0 Å². The number of hydrogen-bond acceptors (Lipinski definition) is 4. The highest BCUT2D eigenvalue weighted by atomic mass is 15.3. The molecule has 0 saturated carbocycles. The first-order chi connectivity index (χ1) is 7.83. The van der Waals surface area contributed by atoms with Gasteiger partial charge in [0.2, 0.25) is 0 Å². The summed E-state index contributed by atoms with van der Waals surface area (Å²) in [5.74, 6) is 6.04. The number of imidazole rings is 1. The molecule has 0 unspecified atom stereocenters. The van der Waals surface area contributed by atoms with Crippen LogP contribution in [-0.2, 0) is 0 Å². The fourth-order valence-corrected chi connectivity index (χ4v) is 1.34. The van der Waals surface area contributed by atoms with Crippen molar-refractivity contribution < 1.29 is 0 Å². The summed E-state index contributed by atoms with van der Waals surface area (Å²) in [5.41, 5.74) is 13.1. The van der Waals surface area contributed by atoms with Crippen molar-refractivity contribution in [1.82, 2.24) is 14.6 Å². The predicted molar refractivity (Wildman–Crippen MR) is 62.6 cm³/mol. The summed E-state index contributed by atoms with van der Waals surface area (Å²) in [4.78, 5) is 4.17. The lowest BCUT2D eigenvalue weighted by molar-refractivity contribution is 0.869. The van der Waals surface area contributed by atoms with Gasteiger partial charge in [0, 0.05) is 6.42 Å². The summed E-state index contributed by atoms with van der Waals surface area (Å²) in [7, 11) is 0. The minimum Gasteiger partial charge on any atom is -0.396 e. The summed E-state index contributed by atoms with van der Waals surface area (Å²) in [6, 6.07) is 1.72. The number of nitrogens with zero attached hydrogens (tertiary/aromatic N) is 3. The Hall–Kier alpha value is -2.06. The SMILES string of the molecule is NCCCC#Cc1cnc2c(N)ccnn12. The molecule has 5 heteroatoms. The molecule has 2 heterocycles. The summed E-state index contributed by atoms with van der Waals surface area (Å²) in [5, 5.41) is 4.15. The van der Waals surface area contributed by atoms with E-state index in [-0.39, 0.29) is 0 Å². The Labute approximate surface area is 93.5 Å². The summed E-state index contributed by atoms with van der Waals surface area (Å²) in [6.45, 7) is 0.660. The van der Waals surface area contributed by atoms with Crippen LogP contribution >= 0.6 is 0 Å². The Kier molecular flexibility index (Phi) is 3.03. The number of fused-ring (bicyclic) bond motifs is 1. The van der Waals surface area contributed by atoms with Gasteiger partial charge in [-0.2, -0.15) is 5.10 Å². The van der Waals surface area contributed by atoms with Crippen LogP contribution in [0.3, 0.4) is 0 Å². The highest BCUT2D eigenvalue weighted by molar-refractivity contribution is 5.64. The molecule has 0 aromatic carbocycles. The third-order valence-corrected chi connectivity index (χ3v) is 2.15. The summed E-state index contributed by atoms with van der Waals surface area (Å²) >= 11 is 0. The number of nitrogen functional groups attached to an aromatic ring is 1. The second-order valence-corrected chi connectivity index (χ2v) is 3.36. The van der Waals surface area contributed by atoms with E-state index < -0.39 is 0 Å². The maximum atomic E-state index is 5.76. The standard InChI is InChI=1S/C11H13N5/c12-6-3-1-2-4-9-8-14-11-10(13)5-7-15-16(9)11/h5,7-8H,1,3,6,12-13H2. The predicted octanol–water partition coefficient (Wildman–Crippen LogP) is 0.402. The van der Waals surface area contributed by atoms with E-state index in [0.717, 1.165) is 18.5 Å². The molecular formula is C11H13N5. The fourth-order valence-electron chi connectivity index (χ4n) is 1.34. The van der Waals surface area contributed by atoms with Gasteiger partial charge in [0.1, 0.15) is 5.69 Å². The molecule has 0 spiro atoms. The van der Waals surface area contributed by atoms with Crippen LogP contribution in [0.1, 0.15) is 18.5 Å². The number of hydrogen-bond donors (Lipinski definition) is 2. The van der Waals surface area contributed by atoms with Gasteiger partial charge in [-0.15, -0.1) is 0 Å². The molecule has 0 bridgehead atoms. The van der Waals surface area contributed by atoms with Crippen molar-refractivity contribution in [2.24, 2.45) is 5.73 Å². The largest absolute Gasteiger partial charge is 0.396 e. The maximum Gasteiger partial charge on any atom is 0.178 e. The van der Waals surface area contributed by atoms with Crippen LogP contribution in [-0.4, -0.2) is 21.1 Å². The summed E-state index contributed by atoms with van der Waals surface area (Å²) in [6.07, 6.45) is 4.99. The smallest absolute Gasteiger partial charge is 0.178 e. The van der Waals surface area contributed by atoms with Gasteiger partial charge in [0.25, 0.3) is 0 Å². The molecule has 82 valence electrons. The van der Waals surface area contributed by atoms with Crippen molar-refractivity contribution >= 4 is 11.3 Å². The van der Waals surface area contributed by atoms with Crippen LogP contribution < -0.4 is 11.5 Å². The second-order valence-electron chi connectivity index (χ2n) is 3.36. The highest BCUT2D eigenvalue weighted by Crippen LogP contribution is 2.10. The van der Waals surface area contributed by atoms with Gasteiger partial charge in [0.15, 0.2) is 5.65 Å². The minimum absolute atomic E-state index is 0.602. The Morgan fingerprint density at radius 2 is 2.31 bits per heavy atom. The number of anilines is 1. The maximum absolute atomic E-state index is 5.76. The molecule has 4 N–H and O–H groups in total. The Morgan fingerprint density at radius 3 is 3.12 bits per heavy atom. The van der Waals surface area contributed by atoms with Crippen molar-refractivity contribution in [3.8, 4) is 11.8 Å². The van der Waals surface area contributed by atoms with E-state index in [2.05, 4.69) is 21.9 Å². The van der Waals surface area contributed by atoms with Crippen LogP contribution in [0.5, 0.6) is 0 Å². The van der Waals surface area contributed by atoms with E-state index in [9.17, 15) is 0 Å². The first kappa shape index (κ1) is 10.5. The van der Waals surface area contributed by atoms with E-state index >= 15 is 0 Å². The zero-order chi connectivity index (χ0) is 11.4. The van der Waals surface area contributed by atoms with Gasteiger partial charge in [-0.25, -0.2) is 9.50 Å². The Bertz CT molecular complexity index is 546. The van der Waals surface area contributed by atoms with E-state index in [1.165, 1.54) is 0 Å². The van der Waals surface area contributed by atoms with Gasteiger partial charge in [-0.1, -0.05) is 5.92 Å². The van der Waals surface area contributed by atoms with Crippen LogP contribution in [0.15, 0.2) is 18.5 Å². The normalized spacial score (nSPS) is 10.1. The van der Waals surface area contributed by atoms with E-state index in [0.29, 0.717) is 17.9 Å². The number of aromatic nitrogens is 3. The zero-order valence-corrected chi connectivity index (χ0v) is 8.85. The van der Waals surface area contributed by atoms with Gasteiger partial charge >= 0.3 is 0 Å². The molecule has 0 saturated heterocycles. The van der Waals surface area contributed by atoms with Gasteiger partial charge in [0.05, 0.1) is 18.1 Å². The quantitative estimate of drug-likeness (QED) is 0.561. The number of unbranched alkanes of at least 4 members (excludes halogenated alkanes) is 1. The molecule has 0 aliphatic heterocycles. The fraction of sp³-hybridized carbons (Fsp3) is 0.273. The van der Waals surface area contributed by atoms with Crippen molar-refractivity contribution in [1.29, 1.82) is 0 Å². The van der Waals surface area contributed by atoms with Gasteiger partial charge < -0.3 is 11.5 Å². The molecule has 0 atom stereocenters. The Morgan fingerprint density at radius 1 is 1.44 bits per heavy atom.